The zero-order valence-electron chi connectivity index (χ0n) is 8.58. The molecule has 0 amide bonds. The molecular weight excluding hydrogens is 252 g/mol. The number of esters is 2. The molecule has 5 heteroatoms. The number of hydrogen-bond donors (Lipinski definition) is 0. The summed E-state index contributed by atoms with van der Waals surface area (Å²) >= 11 is 3.14. The van der Waals surface area contributed by atoms with Crippen molar-refractivity contribution in [2.24, 2.45) is 5.92 Å². The average Bonchev–Trinajstić information content (AvgIpc) is 2.18. The summed E-state index contributed by atoms with van der Waals surface area (Å²) in [6.07, 6.45) is 0.529. The lowest BCUT2D eigenvalue weighted by Crippen LogP contribution is -2.32. The predicted octanol–water partition coefficient (Wildman–Crippen LogP) is 1.51. The number of carbonyl (C=O) groups is 2. The van der Waals surface area contributed by atoms with Gasteiger partial charge in [-0.25, -0.2) is 0 Å². The van der Waals surface area contributed by atoms with Crippen molar-refractivity contribution in [3.63, 3.8) is 0 Å². The summed E-state index contributed by atoms with van der Waals surface area (Å²) in [5.74, 6) is -1.31. The third-order valence-corrected chi connectivity index (χ3v) is 2.82. The fourth-order valence-electron chi connectivity index (χ4n) is 1.03. The van der Waals surface area contributed by atoms with Gasteiger partial charge in [0.05, 0.1) is 19.6 Å². The number of rotatable bonds is 5. The van der Waals surface area contributed by atoms with Crippen LogP contribution in [-0.2, 0) is 19.1 Å². The van der Waals surface area contributed by atoms with Gasteiger partial charge in [0.25, 0.3) is 0 Å². The Morgan fingerprint density at radius 2 is 1.86 bits per heavy atom. The molecule has 0 aromatic carbocycles. The van der Waals surface area contributed by atoms with E-state index in [0.29, 0.717) is 13.0 Å². The van der Waals surface area contributed by atoms with Crippen molar-refractivity contribution >= 4 is 27.9 Å². The van der Waals surface area contributed by atoms with Crippen molar-refractivity contribution in [3.8, 4) is 0 Å². The minimum Gasteiger partial charge on any atom is -0.469 e. The highest BCUT2D eigenvalue weighted by molar-refractivity contribution is 9.10. The van der Waals surface area contributed by atoms with E-state index in [1.54, 1.807) is 6.92 Å². The number of carbonyl (C=O) groups excluding carboxylic acids is 2. The van der Waals surface area contributed by atoms with Gasteiger partial charge in [0.1, 0.15) is 4.83 Å². The van der Waals surface area contributed by atoms with E-state index in [1.165, 1.54) is 7.11 Å². The lowest BCUT2D eigenvalue weighted by molar-refractivity contribution is -0.152. The molecule has 0 aromatic heterocycles. The smallest absolute Gasteiger partial charge is 0.320 e. The Morgan fingerprint density at radius 3 is 2.21 bits per heavy atom. The van der Waals surface area contributed by atoms with Crippen LogP contribution in [0.2, 0.25) is 0 Å². The van der Waals surface area contributed by atoms with Gasteiger partial charge in [0.15, 0.2) is 0 Å². The topological polar surface area (TPSA) is 52.6 Å². The maximum Gasteiger partial charge on any atom is 0.320 e. The van der Waals surface area contributed by atoms with E-state index < -0.39 is 22.7 Å². The first-order chi connectivity index (χ1) is 6.58. The highest BCUT2D eigenvalue weighted by Crippen LogP contribution is 2.19. The van der Waals surface area contributed by atoms with Crippen molar-refractivity contribution < 1.29 is 19.1 Å². The van der Waals surface area contributed by atoms with Crippen LogP contribution >= 0.6 is 15.9 Å². The third kappa shape index (κ3) is 3.65. The molecule has 0 saturated heterocycles. The fourth-order valence-corrected chi connectivity index (χ4v) is 1.75. The molecular formula is C9H15BrO4. The highest BCUT2D eigenvalue weighted by atomic mass is 79.9. The summed E-state index contributed by atoms with van der Waals surface area (Å²) in [7, 11) is 1.30. The summed E-state index contributed by atoms with van der Waals surface area (Å²) < 4.78 is 9.36. The van der Waals surface area contributed by atoms with Crippen LogP contribution in [0.5, 0.6) is 0 Å². The molecule has 0 aliphatic rings. The van der Waals surface area contributed by atoms with Gasteiger partial charge in [-0.3, -0.25) is 9.59 Å². The first-order valence-corrected chi connectivity index (χ1v) is 5.38. The van der Waals surface area contributed by atoms with E-state index in [2.05, 4.69) is 20.7 Å². The van der Waals surface area contributed by atoms with Crippen LogP contribution in [0.1, 0.15) is 20.3 Å². The summed E-state index contributed by atoms with van der Waals surface area (Å²) in [6.45, 7) is 3.84. The Kier molecular flexibility index (Phi) is 6.53. The van der Waals surface area contributed by atoms with Crippen LogP contribution in [0, 0.1) is 5.92 Å². The molecule has 14 heavy (non-hydrogen) atoms. The van der Waals surface area contributed by atoms with Crippen molar-refractivity contribution in [1.29, 1.82) is 0 Å². The van der Waals surface area contributed by atoms with Gasteiger partial charge >= 0.3 is 11.9 Å². The molecule has 0 N–H and O–H groups in total. The molecule has 4 nitrogen and oxygen atoms in total. The second-order valence-corrected chi connectivity index (χ2v) is 3.68. The van der Waals surface area contributed by atoms with E-state index in [1.807, 2.05) is 6.92 Å². The molecule has 0 saturated carbocycles. The standard InChI is InChI=1S/C9H15BrO4/c1-4-6(8(11)13-3)7(10)9(12)14-5-2/h6-7H,4-5H2,1-3H3/t6-,7-/m1/s1. The second-order valence-electron chi connectivity index (χ2n) is 2.69. The molecule has 2 atom stereocenters. The van der Waals surface area contributed by atoms with Crippen LogP contribution in [0.25, 0.3) is 0 Å². The van der Waals surface area contributed by atoms with Gasteiger partial charge < -0.3 is 9.47 Å². The SMILES string of the molecule is CCOC(=O)[C@H](Br)[C@@H](CC)C(=O)OC. The molecule has 0 fully saturated rings. The highest BCUT2D eigenvalue weighted by Gasteiger charge is 2.31. The zero-order valence-corrected chi connectivity index (χ0v) is 10.2. The summed E-state index contributed by atoms with van der Waals surface area (Å²) in [6, 6.07) is 0. The van der Waals surface area contributed by atoms with Gasteiger partial charge in [0.2, 0.25) is 0 Å². The van der Waals surface area contributed by atoms with Crippen LogP contribution < -0.4 is 0 Å². The Labute approximate surface area is 92.1 Å². The first kappa shape index (κ1) is 13.4. The average molecular weight is 267 g/mol. The van der Waals surface area contributed by atoms with Gasteiger partial charge in [-0.05, 0) is 13.3 Å². The molecule has 0 aliphatic carbocycles. The van der Waals surface area contributed by atoms with E-state index >= 15 is 0 Å². The van der Waals surface area contributed by atoms with Crippen molar-refractivity contribution in [2.75, 3.05) is 13.7 Å². The third-order valence-electron chi connectivity index (χ3n) is 1.81. The largest absolute Gasteiger partial charge is 0.469 e. The molecule has 0 radical (unpaired) electrons. The molecule has 0 spiro atoms. The normalized spacial score (nSPS) is 14.3. The van der Waals surface area contributed by atoms with Gasteiger partial charge in [-0.1, -0.05) is 22.9 Å². The maximum atomic E-state index is 11.3. The Morgan fingerprint density at radius 1 is 1.29 bits per heavy atom. The Balaban J connectivity index is 4.37. The van der Waals surface area contributed by atoms with Crippen LogP contribution in [0.15, 0.2) is 0 Å². The zero-order chi connectivity index (χ0) is 11.1. The number of alkyl halides is 1. The molecule has 0 bridgehead atoms. The number of methoxy groups -OCH3 is 1. The van der Waals surface area contributed by atoms with Crippen LogP contribution in [0.3, 0.4) is 0 Å². The van der Waals surface area contributed by atoms with E-state index in [9.17, 15) is 9.59 Å². The Hall–Kier alpha value is -0.580. The van der Waals surface area contributed by atoms with Gasteiger partial charge in [-0.15, -0.1) is 0 Å². The summed E-state index contributed by atoms with van der Waals surface area (Å²) in [5, 5.41) is 0. The lowest BCUT2D eigenvalue weighted by atomic mass is 10.0. The molecule has 0 aromatic rings. The lowest BCUT2D eigenvalue weighted by Gasteiger charge is -2.16. The number of hydrogen-bond acceptors (Lipinski definition) is 4. The summed E-state index contributed by atoms with van der Waals surface area (Å²) in [5.41, 5.74) is 0. The van der Waals surface area contributed by atoms with Crippen molar-refractivity contribution in [1.82, 2.24) is 0 Å². The van der Waals surface area contributed by atoms with E-state index in [0.717, 1.165) is 0 Å². The minimum absolute atomic E-state index is 0.304. The number of halogens is 1. The van der Waals surface area contributed by atoms with E-state index in [-0.39, 0.29) is 0 Å². The summed E-state index contributed by atoms with van der Waals surface area (Å²) in [4.78, 5) is 21.9. The van der Waals surface area contributed by atoms with E-state index in [4.69, 9.17) is 4.74 Å². The molecule has 0 rings (SSSR count). The fraction of sp³-hybridized carbons (Fsp3) is 0.778. The van der Waals surface area contributed by atoms with Crippen LogP contribution in [0.4, 0.5) is 0 Å². The van der Waals surface area contributed by atoms with Crippen LogP contribution in [-0.4, -0.2) is 30.5 Å². The number of ether oxygens (including phenoxy) is 2. The molecule has 0 unspecified atom stereocenters. The predicted molar refractivity (Wildman–Crippen MR) is 55.1 cm³/mol. The molecule has 0 heterocycles. The first-order valence-electron chi connectivity index (χ1n) is 4.46. The second kappa shape index (κ2) is 6.81. The minimum atomic E-state index is -0.625. The quantitative estimate of drug-likeness (QED) is 0.559. The van der Waals surface area contributed by atoms with Crippen molar-refractivity contribution in [3.05, 3.63) is 0 Å². The Bertz CT molecular complexity index is 205. The molecule has 82 valence electrons. The van der Waals surface area contributed by atoms with Gasteiger partial charge in [-0.2, -0.15) is 0 Å². The van der Waals surface area contributed by atoms with Gasteiger partial charge in [0, 0.05) is 0 Å². The van der Waals surface area contributed by atoms with Crippen molar-refractivity contribution in [2.45, 2.75) is 25.1 Å². The monoisotopic (exact) mass is 266 g/mol. The maximum absolute atomic E-state index is 11.3. The molecule has 0 aliphatic heterocycles.